The molecule has 0 aliphatic heterocycles. The summed E-state index contributed by atoms with van der Waals surface area (Å²) >= 11 is 0. The van der Waals surface area contributed by atoms with Crippen LogP contribution in [0.1, 0.15) is 19.3 Å². The van der Waals surface area contributed by atoms with E-state index in [1.54, 1.807) is 0 Å². The van der Waals surface area contributed by atoms with Gasteiger partial charge >= 0.3 is 33.0 Å². The van der Waals surface area contributed by atoms with Crippen LogP contribution in [-0.2, 0) is 59.0 Å². The van der Waals surface area contributed by atoms with Crippen molar-refractivity contribution in [3.8, 4) is 0 Å². The lowest BCUT2D eigenvalue weighted by atomic mass is 10.00. The molecule has 49 heavy (non-hydrogen) atoms. The van der Waals surface area contributed by atoms with Gasteiger partial charge in [0.25, 0.3) is 59.0 Å². The van der Waals surface area contributed by atoms with Gasteiger partial charge in [0.1, 0.15) is 0 Å². The average molecular weight is 892 g/mol. The summed E-state index contributed by atoms with van der Waals surface area (Å²) < 4.78 is 361. The molecule has 12 nitrogen and oxygen atoms in total. The zero-order valence-corrected chi connectivity index (χ0v) is 26.4. The average Bonchev–Trinajstić information content (AvgIpc) is 2.78. The monoisotopic (exact) mass is 891 g/mol. The highest BCUT2D eigenvalue weighted by molar-refractivity contribution is 8.11. The van der Waals surface area contributed by atoms with E-state index in [-0.39, 0.29) is 0 Å². The van der Waals surface area contributed by atoms with E-state index in [2.05, 4.69) is 0 Å². The van der Waals surface area contributed by atoms with Crippen molar-refractivity contribution < 1.29 is 130 Å². The molecule has 0 saturated heterocycles. The van der Waals surface area contributed by atoms with Crippen molar-refractivity contribution in [1.29, 1.82) is 0 Å². The van der Waals surface area contributed by atoms with Gasteiger partial charge in [0.2, 0.25) is 0 Å². The van der Waals surface area contributed by atoms with Gasteiger partial charge in [-0.2, -0.15) is 79.0 Å². The molecule has 0 unspecified atom stereocenters. The van der Waals surface area contributed by atoms with Gasteiger partial charge in [-0.25, -0.2) is 50.5 Å². The first kappa shape index (κ1) is 47.4. The smallest absolute Gasteiger partial charge is 0.307 e. The van der Waals surface area contributed by atoms with Crippen molar-refractivity contribution in [2.24, 2.45) is 0 Å². The second-order valence-electron chi connectivity index (χ2n) is 8.60. The fourth-order valence-corrected chi connectivity index (χ4v) is 13.5. The Bertz CT molecular complexity index is 1540. The normalized spacial score (nSPS) is 16.3. The largest absolute Gasteiger partial charge is 0.498 e. The minimum Gasteiger partial charge on any atom is -0.307 e. The summed E-state index contributed by atoms with van der Waals surface area (Å²) in [5.74, 6) is -3.44. The summed E-state index contributed by atoms with van der Waals surface area (Å²) in [5.41, 5.74) is -44.5. The van der Waals surface area contributed by atoms with Crippen LogP contribution in [0.4, 0.5) is 79.0 Å². The first-order chi connectivity index (χ1) is 20.7. The summed E-state index contributed by atoms with van der Waals surface area (Å²) in [6.07, 6.45) is -11.8. The Labute approximate surface area is 260 Å². The highest BCUT2D eigenvalue weighted by atomic mass is 32.3. The maximum Gasteiger partial charge on any atom is 0.498 e. The van der Waals surface area contributed by atoms with Gasteiger partial charge in [0, 0.05) is 0 Å². The Kier molecular flexibility index (Phi) is 12.7. The Hall–Kier alpha value is -1.56. The molecule has 0 aliphatic rings. The Morgan fingerprint density at radius 3 is 0.469 bits per heavy atom. The number of hydrogen-bond donors (Lipinski definition) is 0. The first-order valence-electron chi connectivity index (χ1n) is 10.3. The van der Waals surface area contributed by atoms with Crippen LogP contribution in [0.3, 0.4) is 0 Å². The van der Waals surface area contributed by atoms with Gasteiger partial charge < -0.3 is 5.92 Å². The predicted octanol–water partition coefficient (Wildman–Crippen LogP) is 3.32. The molecule has 0 bridgehead atoms. The highest BCUT2D eigenvalue weighted by Gasteiger charge is 2.66. The molecule has 0 aromatic rings. The molecule has 0 heterocycles. The van der Waals surface area contributed by atoms with E-state index in [0.717, 1.165) is 0 Å². The van der Waals surface area contributed by atoms with E-state index in [1.807, 2.05) is 0 Å². The number of halogens is 18. The molecule has 0 aromatic carbocycles. The SMILES string of the molecule is O=S(=O)(C(C[C-](CC(S(=O)(=O)C(F)(F)F)S(=O)(=O)C(F)(F)F)CC(S(=O)(=O)C(F)(F)F)S(=O)(=O)C(F)(F)F)S(=O)(=O)C(F)(F)F)C(F)(F)F. The van der Waals surface area contributed by atoms with Gasteiger partial charge in [-0.05, 0) is 0 Å². The van der Waals surface area contributed by atoms with E-state index in [4.69, 9.17) is 0 Å². The molecule has 0 spiro atoms. The minimum absolute atomic E-state index is 3.44. The van der Waals surface area contributed by atoms with Crippen molar-refractivity contribution in [3.63, 3.8) is 0 Å². The van der Waals surface area contributed by atoms with Crippen LogP contribution in [-0.4, -0.2) is 97.3 Å². The lowest BCUT2D eigenvalue weighted by Gasteiger charge is -2.39. The third kappa shape index (κ3) is 9.09. The van der Waals surface area contributed by atoms with Crippen LogP contribution in [0.15, 0.2) is 0 Å². The highest BCUT2D eigenvalue weighted by Crippen LogP contribution is 2.47. The zero-order chi connectivity index (χ0) is 40.4. The third-order valence-corrected chi connectivity index (χ3v) is 19.0. The van der Waals surface area contributed by atoms with E-state index < -0.39 is 131 Å². The number of rotatable bonds is 12. The van der Waals surface area contributed by atoms with Crippen LogP contribution >= 0.6 is 0 Å². The molecule has 0 fully saturated rings. The molecule has 0 radical (unpaired) electrons. The molecule has 0 aliphatic carbocycles. The van der Waals surface area contributed by atoms with Crippen LogP contribution in [0, 0.1) is 5.92 Å². The summed E-state index contributed by atoms with van der Waals surface area (Å²) in [5, 5.41) is 0. The molecule has 0 aromatic heterocycles. The molecule has 0 amide bonds. The summed E-state index contributed by atoms with van der Waals surface area (Å²) in [6.45, 7) is 0. The minimum atomic E-state index is -8.32. The van der Waals surface area contributed by atoms with Gasteiger partial charge in [0.15, 0.2) is 13.7 Å². The van der Waals surface area contributed by atoms with Crippen molar-refractivity contribution in [2.45, 2.75) is 66.1 Å². The Morgan fingerprint density at radius 1 is 0.286 bits per heavy atom. The molecule has 0 atom stereocenters. The van der Waals surface area contributed by atoms with Crippen molar-refractivity contribution in [2.75, 3.05) is 0 Å². The van der Waals surface area contributed by atoms with Gasteiger partial charge in [0.05, 0.1) is 0 Å². The van der Waals surface area contributed by atoms with Gasteiger partial charge in [-0.15, -0.1) is 19.3 Å². The molecule has 0 rings (SSSR count). The summed E-state index contributed by atoms with van der Waals surface area (Å²) in [7, 11) is -49.9. The number of hydrogen-bond acceptors (Lipinski definition) is 12. The molecule has 36 heteroatoms. The maximum absolute atomic E-state index is 13.2. The second kappa shape index (κ2) is 13.1. The Balaban J connectivity index is 8.60. The Morgan fingerprint density at radius 2 is 0.388 bits per heavy atom. The predicted molar refractivity (Wildman–Crippen MR) is 118 cm³/mol. The molecular weight excluding hydrogens is 882 g/mol. The summed E-state index contributed by atoms with van der Waals surface area (Å²) in [4.78, 5) is 0. The van der Waals surface area contributed by atoms with Crippen molar-refractivity contribution in [1.82, 2.24) is 0 Å². The fraction of sp³-hybridized carbons (Fsp3) is 0.923. The van der Waals surface area contributed by atoms with Gasteiger partial charge in [-0.3, -0.25) is 0 Å². The van der Waals surface area contributed by atoms with E-state index in [0.29, 0.717) is 0 Å². The fourth-order valence-electron chi connectivity index (χ4n) is 3.01. The van der Waals surface area contributed by atoms with E-state index in [9.17, 15) is 130 Å². The zero-order valence-electron chi connectivity index (χ0n) is 21.5. The number of alkyl halides is 18. The van der Waals surface area contributed by atoms with Crippen LogP contribution in [0.2, 0.25) is 0 Å². The van der Waals surface area contributed by atoms with E-state index >= 15 is 0 Å². The van der Waals surface area contributed by atoms with Gasteiger partial charge in [-0.1, -0.05) is 0 Å². The number of sulfone groups is 6. The van der Waals surface area contributed by atoms with E-state index in [1.165, 1.54) is 0 Å². The lowest BCUT2D eigenvalue weighted by molar-refractivity contribution is -0.0481. The summed E-state index contributed by atoms with van der Waals surface area (Å²) in [6, 6.07) is 0. The molecule has 0 saturated carbocycles. The molecule has 296 valence electrons. The first-order valence-corrected chi connectivity index (χ1v) is 19.6. The van der Waals surface area contributed by atoms with Crippen molar-refractivity contribution >= 4 is 59.0 Å². The second-order valence-corrected chi connectivity index (χ2v) is 22.2. The topological polar surface area (TPSA) is 205 Å². The molecular formula is C13H9F18O12S6-. The van der Waals surface area contributed by atoms with Crippen molar-refractivity contribution in [3.05, 3.63) is 5.92 Å². The maximum atomic E-state index is 13.2. The quantitative estimate of drug-likeness (QED) is 0.205. The third-order valence-electron chi connectivity index (χ3n) is 5.38. The van der Waals surface area contributed by atoms with Crippen LogP contribution < -0.4 is 0 Å². The lowest BCUT2D eigenvalue weighted by Crippen LogP contribution is -2.49. The van der Waals surface area contributed by atoms with Crippen LogP contribution in [0.5, 0.6) is 0 Å². The molecule has 0 N–H and O–H groups in total. The van der Waals surface area contributed by atoms with Crippen LogP contribution in [0.25, 0.3) is 0 Å². The standard InChI is InChI=1S/C13H9F18O12S6/c14-8(15,16)44(32,33)5(45(34,35)9(17,18)19)1-4(2-6(46(36,37)10(20,21)22)47(38,39)11(23,24)25)3-7(48(40,41)12(26,27)28)49(42,43)13(29,30)31/h5-7H,1-3H2/q-1.